The lowest BCUT2D eigenvalue weighted by Gasteiger charge is -2.17. The molecule has 1 heterocycles. The highest BCUT2D eigenvalue weighted by molar-refractivity contribution is 6.16. The molecule has 2 N–H and O–H groups in total. The summed E-state index contributed by atoms with van der Waals surface area (Å²) in [6.07, 6.45) is -2.98. The van der Waals surface area contributed by atoms with Gasteiger partial charge in [0, 0.05) is 7.05 Å². The molecule has 0 aliphatic rings. The fraction of sp³-hybridized carbons (Fsp3) is 0.194. The normalized spacial score (nSPS) is 12.6. The Labute approximate surface area is 272 Å². The molecule has 0 spiro atoms. The molecule has 0 saturated carbocycles. The Hall–Kier alpha value is -5.85. The van der Waals surface area contributed by atoms with Gasteiger partial charge in [-0.15, -0.1) is 0 Å². The third kappa shape index (κ3) is 6.39. The molecule has 6 rings (SSSR count). The van der Waals surface area contributed by atoms with Crippen LogP contribution in [0.1, 0.15) is 20.7 Å². The summed E-state index contributed by atoms with van der Waals surface area (Å²) in [6, 6.07) is 29.0. The number of fused-ring (bicyclic) bond motifs is 3. The quantitative estimate of drug-likeness (QED) is 0.168. The largest absolute Gasteiger partial charge is 0.459 e. The van der Waals surface area contributed by atoms with Gasteiger partial charge in [-0.25, -0.2) is 37.7 Å². The molecule has 6 aromatic rings. The number of ether oxygens (including phenoxy) is 2. The highest BCUT2D eigenvalue weighted by Gasteiger charge is 2.22. The van der Waals surface area contributed by atoms with Gasteiger partial charge in [-0.3, -0.25) is 0 Å². The SMILES string of the molecule is Cn1c(=O)n(CC(O)COC(=O)c2ccc3ccccc3c2)c(=O)n(CC(O)COC(=O)c2c3ccccc3cc3ccccc23)c1=O. The first-order valence-corrected chi connectivity index (χ1v) is 15.1. The average molecular weight is 650 g/mol. The fourth-order valence-corrected chi connectivity index (χ4v) is 5.64. The van der Waals surface area contributed by atoms with Crippen LogP contribution < -0.4 is 17.1 Å². The molecule has 2 atom stereocenters. The number of benzene rings is 5. The summed E-state index contributed by atoms with van der Waals surface area (Å²) in [5.41, 5.74) is -2.55. The maximum atomic E-state index is 13.3. The zero-order valence-corrected chi connectivity index (χ0v) is 25.8. The van der Waals surface area contributed by atoms with Gasteiger partial charge in [-0.2, -0.15) is 0 Å². The number of aliphatic hydroxyl groups excluding tert-OH is 2. The van der Waals surface area contributed by atoms with Gasteiger partial charge in [0.25, 0.3) is 0 Å². The maximum absolute atomic E-state index is 13.3. The average Bonchev–Trinajstić information content (AvgIpc) is 3.11. The van der Waals surface area contributed by atoms with Crippen LogP contribution in [0.4, 0.5) is 0 Å². The minimum atomic E-state index is -1.50. The van der Waals surface area contributed by atoms with E-state index in [4.69, 9.17) is 9.47 Å². The Morgan fingerprint density at radius 3 is 1.65 bits per heavy atom. The van der Waals surface area contributed by atoms with E-state index in [1.165, 1.54) is 0 Å². The minimum absolute atomic E-state index is 0.255. The lowest BCUT2D eigenvalue weighted by atomic mass is 9.97. The number of aromatic nitrogens is 3. The van der Waals surface area contributed by atoms with Gasteiger partial charge in [-0.05, 0) is 50.5 Å². The van der Waals surface area contributed by atoms with Gasteiger partial charge in [-0.1, -0.05) is 78.9 Å². The molecule has 48 heavy (non-hydrogen) atoms. The molecular formula is C36H31N3O9. The topological polar surface area (TPSA) is 159 Å². The van der Waals surface area contributed by atoms with Gasteiger partial charge in [0.1, 0.15) is 25.4 Å². The molecule has 0 fully saturated rings. The van der Waals surface area contributed by atoms with Crippen molar-refractivity contribution in [3.05, 3.63) is 140 Å². The van der Waals surface area contributed by atoms with E-state index in [1.807, 2.05) is 54.6 Å². The Bertz CT molecular complexity index is 2320. The van der Waals surface area contributed by atoms with Crippen LogP contribution >= 0.6 is 0 Å². The van der Waals surface area contributed by atoms with E-state index in [-0.39, 0.29) is 5.56 Å². The summed E-state index contributed by atoms with van der Waals surface area (Å²) < 4.78 is 12.5. The Kier molecular flexibility index (Phi) is 9.02. The van der Waals surface area contributed by atoms with Gasteiger partial charge >= 0.3 is 29.0 Å². The van der Waals surface area contributed by atoms with Crippen LogP contribution in [0.2, 0.25) is 0 Å². The smallest absolute Gasteiger partial charge is 0.339 e. The molecule has 0 aliphatic carbocycles. The third-order valence-corrected chi connectivity index (χ3v) is 8.06. The van der Waals surface area contributed by atoms with E-state index in [9.17, 15) is 34.2 Å². The van der Waals surface area contributed by atoms with Crippen molar-refractivity contribution in [1.82, 2.24) is 13.7 Å². The number of aliphatic hydroxyl groups is 2. The predicted octanol–water partition coefficient (Wildman–Crippen LogP) is 2.60. The van der Waals surface area contributed by atoms with Crippen molar-refractivity contribution in [1.29, 1.82) is 0 Å². The van der Waals surface area contributed by atoms with Crippen molar-refractivity contribution in [3.63, 3.8) is 0 Å². The number of hydrogen-bond acceptors (Lipinski definition) is 9. The monoisotopic (exact) mass is 649 g/mol. The van der Waals surface area contributed by atoms with E-state index in [0.29, 0.717) is 30.0 Å². The van der Waals surface area contributed by atoms with Crippen LogP contribution in [-0.2, 0) is 29.6 Å². The zero-order valence-electron chi connectivity index (χ0n) is 25.8. The van der Waals surface area contributed by atoms with Crippen molar-refractivity contribution < 1.29 is 29.3 Å². The van der Waals surface area contributed by atoms with Crippen LogP contribution in [0.3, 0.4) is 0 Å². The summed E-state index contributed by atoms with van der Waals surface area (Å²) >= 11 is 0. The predicted molar refractivity (Wildman–Crippen MR) is 178 cm³/mol. The number of rotatable bonds is 10. The second-order valence-corrected chi connectivity index (χ2v) is 11.4. The van der Waals surface area contributed by atoms with E-state index in [0.717, 1.165) is 28.6 Å². The molecule has 12 heteroatoms. The van der Waals surface area contributed by atoms with E-state index in [2.05, 4.69) is 0 Å². The molecular weight excluding hydrogens is 618 g/mol. The zero-order chi connectivity index (χ0) is 33.9. The highest BCUT2D eigenvalue weighted by Crippen LogP contribution is 2.29. The molecule has 244 valence electrons. The van der Waals surface area contributed by atoms with E-state index in [1.54, 1.807) is 42.5 Å². The number of carbonyl (C=O) groups excluding carboxylic acids is 2. The molecule has 0 radical (unpaired) electrons. The van der Waals surface area contributed by atoms with E-state index < -0.39 is 67.5 Å². The standard InChI is InChI=1S/C36H31N3O9/c1-37-34(44)38(18-27(40)20-47-32(42)26-15-14-22-8-2-3-9-23(22)16-26)36(46)39(35(37)45)19-28(41)21-48-33(43)31-29-12-6-4-10-24(29)17-25-11-5-7-13-30(25)31/h2-17,27-28,40-41H,18-21H2,1H3. The second-order valence-electron chi connectivity index (χ2n) is 11.4. The summed E-state index contributed by atoms with van der Waals surface area (Å²) in [5, 5.41) is 26.1. The molecule has 0 bridgehead atoms. The molecule has 0 saturated heterocycles. The maximum Gasteiger partial charge on any atom is 0.339 e. The molecule has 0 aliphatic heterocycles. The van der Waals surface area contributed by atoms with Crippen LogP contribution in [0, 0.1) is 0 Å². The van der Waals surface area contributed by atoms with Crippen LogP contribution in [0.25, 0.3) is 32.3 Å². The minimum Gasteiger partial charge on any atom is -0.459 e. The Morgan fingerprint density at radius 2 is 1.08 bits per heavy atom. The van der Waals surface area contributed by atoms with Gasteiger partial charge in [0.05, 0.1) is 24.2 Å². The van der Waals surface area contributed by atoms with E-state index >= 15 is 0 Å². The van der Waals surface area contributed by atoms with Crippen LogP contribution in [0.5, 0.6) is 0 Å². The first kappa shape index (κ1) is 32.1. The second kappa shape index (κ2) is 13.5. The van der Waals surface area contributed by atoms with Crippen molar-refractivity contribution in [2.24, 2.45) is 7.05 Å². The van der Waals surface area contributed by atoms with Crippen LogP contribution in [-0.4, -0.2) is 61.3 Å². The van der Waals surface area contributed by atoms with Crippen molar-refractivity contribution in [3.8, 4) is 0 Å². The molecule has 1 aromatic heterocycles. The number of hydrogen-bond donors (Lipinski definition) is 2. The first-order valence-electron chi connectivity index (χ1n) is 15.1. The van der Waals surface area contributed by atoms with Crippen LogP contribution in [0.15, 0.2) is 111 Å². The van der Waals surface area contributed by atoms with Crippen molar-refractivity contribution in [2.45, 2.75) is 25.3 Å². The number of nitrogens with zero attached hydrogens (tertiary/aromatic N) is 3. The van der Waals surface area contributed by atoms with Gasteiger partial charge < -0.3 is 19.7 Å². The third-order valence-electron chi connectivity index (χ3n) is 8.06. The summed E-state index contributed by atoms with van der Waals surface area (Å²) in [4.78, 5) is 64.8. The Balaban J connectivity index is 1.14. The Morgan fingerprint density at radius 1 is 0.604 bits per heavy atom. The van der Waals surface area contributed by atoms with Crippen molar-refractivity contribution in [2.75, 3.05) is 13.2 Å². The van der Waals surface area contributed by atoms with Gasteiger partial charge in [0.2, 0.25) is 0 Å². The summed E-state index contributed by atoms with van der Waals surface area (Å²) in [7, 11) is 1.14. The number of esters is 2. The van der Waals surface area contributed by atoms with Gasteiger partial charge in [0.15, 0.2) is 0 Å². The molecule has 5 aromatic carbocycles. The van der Waals surface area contributed by atoms with Crippen molar-refractivity contribution >= 4 is 44.3 Å². The molecule has 0 amide bonds. The molecule has 12 nitrogen and oxygen atoms in total. The highest BCUT2D eigenvalue weighted by atomic mass is 16.5. The lowest BCUT2D eigenvalue weighted by molar-refractivity contribution is 0.0191. The lowest BCUT2D eigenvalue weighted by Crippen LogP contribution is -2.56. The number of carbonyl (C=O) groups is 2. The molecule has 2 unspecified atom stereocenters. The summed E-state index contributed by atoms with van der Waals surface area (Å²) in [5.74, 6) is -1.41. The first-order chi connectivity index (χ1) is 23.1. The fourth-order valence-electron chi connectivity index (χ4n) is 5.64. The summed E-state index contributed by atoms with van der Waals surface area (Å²) in [6.45, 7) is -2.31.